The topological polar surface area (TPSA) is 86.1 Å². The third-order valence-electron chi connectivity index (χ3n) is 4.59. The summed E-state index contributed by atoms with van der Waals surface area (Å²) in [4.78, 5) is 24.2. The van der Waals surface area contributed by atoms with Crippen LogP contribution in [-0.2, 0) is 16.1 Å². The van der Waals surface area contributed by atoms with E-state index in [9.17, 15) is 9.59 Å². The van der Waals surface area contributed by atoms with Gasteiger partial charge in [-0.15, -0.1) is 10.2 Å². The van der Waals surface area contributed by atoms with Gasteiger partial charge in [0.25, 0.3) is 0 Å². The molecule has 1 N–H and O–H groups in total. The summed E-state index contributed by atoms with van der Waals surface area (Å²) in [5, 5.41) is 12.2. The number of aromatic nitrogens is 3. The van der Waals surface area contributed by atoms with Crippen LogP contribution in [0.5, 0.6) is 0 Å². The Morgan fingerprint density at radius 2 is 1.81 bits per heavy atom. The second-order valence-electron chi connectivity index (χ2n) is 6.92. The lowest BCUT2D eigenvalue weighted by Gasteiger charge is -2.09. The van der Waals surface area contributed by atoms with Crippen molar-refractivity contribution in [1.82, 2.24) is 14.8 Å². The van der Waals surface area contributed by atoms with Crippen molar-refractivity contribution in [2.45, 2.75) is 38.9 Å². The van der Waals surface area contributed by atoms with Gasteiger partial charge in [0.2, 0.25) is 5.91 Å². The van der Waals surface area contributed by atoms with Gasteiger partial charge in [-0.2, -0.15) is 0 Å². The lowest BCUT2D eigenvalue weighted by atomic mass is 10.1. The van der Waals surface area contributed by atoms with Crippen LogP contribution in [0.4, 0.5) is 5.69 Å². The highest BCUT2D eigenvalue weighted by atomic mass is 32.2. The second-order valence-corrected chi connectivity index (χ2v) is 7.86. The van der Waals surface area contributed by atoms with Gasteiger partial charge >= 0.3 is 5.97 Å². The zero-order chi connectivity index (χ0) is 22.2. The maximum atomic E-state index is 12.4. The molecule has 1 aromatic heterocycles. The number of hydrogen-bond donors (Lipinski definition) is 1. The summed E-state index contributed by atoms with van der Waals surface area (Å²) in [6, 6.07) is 14.7. The van der Waals surface area contributed by atoms with E-state index in [4.69, 9.17) is 4.74 Å². The third-order valence-corrected chi connectivity index (χ3v) is 5.56. The van der Waals surface area contributed by atoms with Crippen molar-refractivity contribution in [1.29, 1.82) is 0 Å². The van der Waals surface area contributed by atoms with Gasteiger partial charge in [0, 0.05) is 17.8 Å². The minimum atomic E-state index is -0.362. The molecule has 0 radical (unpaired) electrons. The van der Waals surface area contributed by atoms with Crippen molar-refractivity contribution in [2.24, 2.45) is 0 Å². The average molecular weight is 439 g/mol. The van der Waals surface area contributed by atoms with Gasteiger partial charge in [0.05, 0.1) is 17.9 Å². The summed E-state index contributed by atoms with van der Waals surface area (Å²) in [7, 11) is 0. The number of rotatable bonds is 9. The van der Waals surface area contributed by atoms with Gasteiger partial charge in [-0.3, -0.25) is 4.79 Å². The predicted molar refractivity (Wildman–Crippen MR) is 122 cm³/mol. The molecule has 0 unspecified atom stereocenters. The number of amides is 1. The molecule has 0 bridgehead atoms. The Kier molecular flexibility index (Phi) is 7.83. The lowest BCUT2D eigenvalue weighted by Crippen LogP contribution is -2.15. The summed E-state index contributed by atoms with van der Waals surface area (Å²) in [5.74, 6) is 0.480. The molecule has 7 nitrogen and oxygen atoms in total. The highest BCUT2D eigenvalue weighted by Crippen LogP contribution is 2.26. The largest absolute Gasteiger partial charge is 0.462 e. The number of anilines is 1. The van der Waals surface area contributed by atoms with Crippen molar-refractivity contribution in [3.05, 3.63) is 59.7 Å². The van der Waals surface area contributed by atoms with E-state index in [2.05, 4.69) is 15.5 Å². The zero-order valence-electron chi connectivity index (χ0n) is 17.9. The number of carbonyl (C=O) groups excluding carboxylic acids is 2. The van der Waals surface area contributed by atoms with Gasteiger partial charge in [-0.1, -0.05) is 43.0 Å². The van der Waals surface area contributed by atoms with Crippen LogP contribution in [0.1, 0.15) is 36.2 Å². The summed E-state index contributed by atoms with van der Waals surface area (Å²) in [6.07, 6.45) is 0.774. The van der Waals surface area contributed by atoms with E-state index >= 15 is 0 Å². The second kappa shape index (κ2) is 10.8. The van der Waals surface area contributed by atoms with E-state index in [0.29, 0.717) is 29.6 Å². The minimum absolute atomic E-state index is 0.158. The molecule has 0 saturated carbocycles. The quantitative estimate of drug-likeness (QED) is 0.389. The van der Waals surface area contributed by atoms with E-state index in [0.717, 1.165) is 23.4 Å². The molecule has 0 aliphatic rings. The molecule has 0 spiro atoms. The van der Waals surface area contributed by atoms with Gasteiger partial charge in [0.1, 0.15) is 0 Å². The van der Waals surface area contributed by atoms with Crippen LogP contribution in [0, 0.1) is 6.92 Å². The number of hydrogen-bond acceptors (Lipinski definition) is 6. The van der Waals surface area contributed by atoms with E-state index in [-0.39, 0.29) is 17.6 Å². The lowest BCUT2D eigenvalue weighted by molar-refractivity contribution is -0.113. The number of nitrogens with one attached hydrogen (secondary N) is 1. The van der Waals surface area contributed by atoms with E-state index in [1.54, 1.807) is 24.3 Å². The molecule has 31 heavy (non-hydrogen) atoms. The smallest absolute Gasteiger partial charge is 0.338 e. The molecule has 2 aromatic carbocycles. The number of aryl methyl sites for hydroxylation is 1. The fourth-order valence-electron chi connectivity index (χ4n) is 3.00. The van der Waals surface area contributed by atoms with Crippen molar-refractivity contribution in [3.63, 3.8) is 0 Å². The molecule has 0 saturated heterocycles. The highest BCUT2D eigenvalue weighted by molar-refractivity contribution is 7.99. The zero-order valence-corrected chi connectivity index (χ0v) is 18.7. The first-order valence-corrected chi connectivity index (χ1v) is 11.2. The van der Waals surface area contributed by atoms with Crippen LogP contribution in [0.3, 0.4) is 0 Å². The number of ether oxygens (including phenoxy) is 1. The van der Waals surface area contributed by atoms with Gasteiger partial charge in [0.15, 0.2) is 11.0 Å². The molecule has 162 valence electrons. The third kappa shape index (κ3) is 5.73. The Morgan fingerprint density at radius 1 is 1.06 bits per heavy atom. The SMILES string of the molecule is CCCOC(=O)c1ccc(NC(=O)CSc2nnc(-c3ccccc3C)n2CC)cc1. The predicted octanol–water partition coefficient (Wildman–Crippen LogP) is 4.57. The molecular weight excluding hydrogens is 412 g/mol. The molecule has 3 aromatic rings. The number of esters is 1. The molecule has 8 heteroatoms. The standard InChI is InChI=1S/C23H26N4O3S/c1-4-14-30-22(29)17-10-12-18(13-11-17)24-20(28)15-31-23-26-25-21(27(23)5-2)19-9-7-6-8-16(19)3/h6-13H,4-5,14-15H2,1-3H3,(H,24,28). The summed E-state index contributed by atoms with van der Waals surface area (Å²) in [5.41, 5.74) is 3.24. The molecule has 1 heterocycles. The Bertz CT molecular complexity index is 1050. The first-order chi connectivity index (χ1) is 15.0. The van der Waals surface area contributed by atoms with E-state index in [1.165, 1.54) is 11.8 Å². The van der Waals surface area contributed by atoms with Crippen LogP contribution >= 0.6 is 11.8 Å². The minimum Gasteiger partial charge on any atom is -0.462 e. The van der Waals surface area contributed by atoms with Crippen LogP contribution in [-0.4, -0.2) is 39.0 Å². The first-order valence-electron chi connectivity index (χ1n) is 10.2. The van der Waals surface area contributed by atoms with Gasteiger partial charge in [-0.05, 0) is 50.1 Å². The fourth-order valence-corrected chi connectivity index (χ4v) is 3.80. The monoisotopic (exact) mass is 438 g/mol. The van der Waals surface area contributed by atoms with Crippen LogP contribution in [0.2, 0.25) is 0 Å². The summed E-state index contributed by atoms with van der Waals surface area (Å²) >= 11 is 1.34. The van der Waals surface area contributed by atoms with Crippen LogP contribution < -0.4 is 5.32 Å². The maximum absolute atomic E-state index is 12.4. The molecule has 1 amide bonds. The fraction of sp³-hybridized carbons (Fsp3) is 0.304. The maximum Gasteiger partial charge on any atom is 0.338 e. The normalized spacial score (nSPS) is 10.7. The number of nitrogens with zero attached hydrogens (tertiary/aromatic N) is 3. The molecule has 0 aliphatic carbocycles. The summed E-state index contributed by atoms with van der Waals surface area (Å²) in [6.45, 7) is 7.11. The highest BCUT2D eigenvalue weighted by Gasteiger charge is 2.16. The van der Waals surface area contributed by atoms with Crippen LogP contribution in [0.15, 0.2) is 53.7 Å². The van der Waals surface area contributed by atoms with Crippen molar-refractivity contribution in [3.8, 4) is 11.4 Å². The number of thioether (sulfide) groups is 1. The number of benzene rings is 2. The Hall–Kier alpha value is -3.13. The van der Waals surface area contributed by atoms with E-state index < -0.39 is 0 Å². The summed E-state index contributed by atoms with van der Waals surface area (Å²) < 4.78 is 7.11. The van der Waals surface area contributed by atoms with Crippen LogP contribution in [0.25, 0.3) is 11.4 Å². The molecule has 0 fully saturated rings. The number of carbonyl (C=O) groups is 2. The Balaban J connectivity index is 1.60. The molecule has 0 aliphatic heterocycles. The molecule has 3 rings (SSSR count). The van der Waals surface area contributed by atoms with Gasteiger partial charge < -0.3 is 14.6 Å². The molecular formula is C23H26N4O3S. The first kappa shape index (κ1) is 22.6. The van der Waals surface area contributed by atoms with E-state index in [1.807, 2.05) is 49.6 Å². The van der Waals surface area contributed by atoms with Gasteiger partial charge in [-0.25, -0.2) is 4.79 Å². The Labute approximate surface area is 186 Å². The van der Waals surface area contributed by atoms with Crippen molar-refractivity contribution < 1.29 is 14.3 Å². The van der Waals surface area contributed by atoms with Crippen molar-refractivity contribution >= 4 is 29.3 Å². The Morgan fingerprint density at radius 3 is 2.48 bits per heavy atom. The van der Waals surface area contributed by atoms with Crippen molar-refractivity contribution in [2.75, 3.05) is 17.7 Å². The molecule has 0 atom stereocenters. The average Bonchev–Trinajstić information content (AvgIpc) is 3.19.